The topological polar surface area (TPSA) is 12.0 Å². The van der Waals surface area contributed by atoms with Gasteiger partial charge in [0.1, 0.15) is 0 Å². The SMILES string of the molecule is Brc1cc(CC2CCCCN2)ccc1C1CCCCC1. The molecule has 1 saturated carbocycles. The van der Waals surface area contributed by atoms with Crippen LogP contribution in [-0.4, -0.2) is 12.6 Å². The van der Waals surface area contributed by atoms with Crippen LogP contribution in [0.25, 0.3) is 0 Å². The molecule has 1 aromatic rings. The molecule has 20 heavy (non-hydrogen) atoms. The summed E-state index contributed by atoms with van der Waals surface area (Å²) in [6.45, 7) is 1.20. The summed E-state index contributed by atoms with van der Waals surface area (Å²) in [6, 6.07) is 7.82. The van der Waals surface area contributed by atoms with E-state index in [1.807, 2.05) is 0 Å². The zero-order chi connectivity index (χ0) is 13.8. The summed E-state index contributed by atoms with van der Waals surface area (Å²) in [4.78, 5) is 0. The number of benzene rings is 1. The fourth-order valence-electron chi connectivity index (χ4n) is 3.83. The van der Waals surface area contributed by atoms with Crippen molar-refractivity contribution in [3.63, 3.8) is 0 Å². The summed E-state index contributed by atoms with van der Waals surface area (Å²) >= 11 is 3.83. The van der Waals surface area contributed by atoms with Gasteiger partial charge in [-0.2, -0.15) is 0 Å². The Balaban J connectivity index is 1.66. The smallest absolute Gasteiger partial charge is 0.0212 e. The van der Waals surface area contributed by atoms with Gasteiger partial charge in [0.2, 0.25) is 0 Å². The fourth-order valence-corrected chi connectivity index (χ4v) is 4.57. The maximum Gasteiger partial charge on any atom is 0.0212 e. The Morgan fingerprint density at radius 2 is 1.80 bits per heavy atom. The van der Waals surface area contributed by atoms with Crippen LogP contribution in [0.15, 0.2) is 22.7 Å². The van der Waals surface area contributed by atoms with E-state index in [4.69, 9.17) is 0 Å². The third-order valence-corrected chi connectivity index (χ3v) is 5.69. The van der Waals surface area contributed by atoms with Gasteiger partial charge in [0.25, 0.3) is 0 Å². The number of rotatable bonds is 3. The van der Waals surface area contributed by atoms with Gasteiger partial charge >= 0.3 is 0 Å². The molecule has 1 aliphatic heterocycles. The van der Waals surface area contributed by atoms with Crippen molar-refractivity contribution in [3.8, 4) is 0 Å². The van der Waals surface area contributed by atoms with Crippen LogP contribution in [0.2, 0.25) is 0 Å². The van der Waals surface area contributed by atoms with Crippen LogP contribution < -0.4 is 5.32 Å². The predicted octanol–water partition coefficient (Wildman–Crippen LogP) is 5.18. The van der Waals surface area contributed by atoms with Crippen molar-refractivity contribution in [2.45, 2.75) is 69.7 Å². The first kappa shape index (κ1) is 14.6. The molecule has 110 valence electrons. The van der Waals surface area contributed by atoms with E-state index < -0.39 is 0 Å². The number of halogens is 1. The first-order valence-corrected chi connectivity index (χ1v) is 9.14. The Morgan fingerprint density at radius 3 is 2.50 bits per heavy atom. The van der Waals surface area contributed by atoms with E-state index in [2.05, 4.69) is 39.4 Å². The molecule has 1 unspecified atom stereocenters. The van der Waals surface area contributed by atoms with Crippen molar-refractivity contribution >= 4 is 15.9 Å². The van der Waals surface area contributed by atoms with Crippen LogP contribution in [0, 0.1) is 0 Å². The molecular formula is C18H26BrN. The number of nitrogens with one attached hydrogen (secondary N) is 1. The minimum absolute atomic E-state index is 0.691. The quantitative estimate of drug-likeness (QED) is 0.802. The Hall–Kier alpha value is -0.340. The molecule has 1 saturated heterocycles. The van der Waals surface area contributed by atoms with Crippen molar-refractivity contribution in [2.24, 2.45) is 0 Å². The number of hydrogen-bond acceptors (Lipinski definition) is 1. The van der Waals surface area contributed by atoms with Gasteiger partial charge in [0, 0.05) is 10.5 Å². The Kier molecular flexibility index (Phi) is 5.17. The minimum Gasteiger partial charge on any atom is -0.314 e. The van der Waals surface area contributed by atoms with Crippen LogP contribution in [0.1, 0.15) is 68.4 Å². The lowest BCUT2D eigenvalue weighted by Gasteiger charge is -2.25. The molecule has 2 fully saturated rings. The Labute approximate surface area is 131 Å². The number of hydrogen-bond donors (Lipinski definition) is 1. The predicted molar refractivity (Wildman–Crippen MR) is 89.3 cm³/mol. The lowest BCUT2D eigenvalue weighted by Crippen LogP contribution is -2.35. The van der Waals surface area contributed by atoms with Crippen molar-refractivity contribution < 1.29 is 0 Å². The van der Waals surface area contributed by atoms with Crippen LogP contribution in [0.3, 0.4) is 0 Å². The van der Waals surface area contributed by atoms with Crippen molar-refractivity contribution in [3.05, 3.63) is 33.8 Å². The third kappa shape index (κ3) is 3.65. The summed E-state index contributed by atoms with van der Waals surface area (Å²) < 4.78 is 1.35. The molecule has 1 aromatic carbocycles. The van der Waals surface area contributed by atoms with Crippen LogP contribution in [-0.2, 0) is 6.42 Å². The first-order chi connectivity index (χ1) is 9.83. The second-order valence-corrected chi connectivity index (χ2v) is 7.40. The molecule has 1 aliphatic carbocycles. The van der Waals surface area contributed by atoms with Gasteiger partial charge in [-0.05, 0) is 61.8 Å². The van der Waals surface area contributed by atoms with Crippen molar-refractivity contribution in [2.75, 3.05) is 6.54 Å². The van der Waals surface area contributed by atoms with Crippen molar-refractivity contribution in [1.29, 1.82) is 0 Å². The fraction of sp³-hybridized carbons (Fsp3) is 0.667. The van der Waals surface area contributed by atoms with Crippen LogP contribution in [0.4, 0.5) is 0 Å². The highest BCUT2D eigenvalue weighted by Gasteiger charge is 2.19. The summed E-state index contributed by atoms with van der Waals surface area (Å²) in [5, 5.41) is 3.65. The zero-order valence-corrected chi connectivity index (χ0v) is 13.9. The molecule has 2 aliphatic rings. The molecule has 0 radical (unpaired) electrons. The molecule has 0 bridgehead atoms. The Morgan fingerprint density at radius 1 is 1.00 bits per heavy atom. The third-order valence-electron chi connectivity index (χ3n) is 5.00. The van der Waals surface area contributed by atoms with Gasteiger partial charge in [-0.1, -0.05) is 53.7 Å². The highest BCUT2D eigenvalue weighted by molar-refractivity contribution is 9.10. The molecule has 1 N–H and O–H groups in total. The maximum absolute atomic E-state index is 3.83. The lowest BCUT2D eigenvalue weighted by molar-refractivity contribution is 0.399. The largest absolute Gasteiger partial charge is 0.314 e. The molecular weight excluding hydrogens is 310 g/mol. The molecule has 0 amide bonds. The lowest BCUT2D eigenvalue weighted by atomic mass is 9.83. The minimum atomic E-state index is 0.691. The van der Waals surface area contributed by atoms with Crippen LogP contribution in [0.5, 0.6) is 0 Å². The van der Waals surface area contributed by atoms with Gasteiger partial charge < -0.3 is 5.32 Å². The van der Waals surface area contributed by atoms with E-state index in [9.17, 15) is 0 Å². The summed E-state index contributed by atoms with van der Waals surface area (Å²) in [7, 11) is 0. The van der Waals surface area contributed by atoms with Gasteiger partial charge in [0.15, 0.2) is 0 Å². The molecule has 2 heteroatoms. The van der Waals surface area contributed by atoms with Gasteiger partial charge in [-0.3, -0.25) is 0 Å². The monoisotopic (exact) mass is 335 g/mol. The standard InChI is InChI=1S/C18H26BrN/c19-18-13-14(12-16-8-4-5-11-20-16)9-10-17(18)15-6-2-1-3-7-15/h9-10,13,15-16,20H,1-8,11-12H2. The highest BCUT2D eigenvalue weighted by Crippen LogP contribution is 2.36. The van der Waals surface area contributed by atoms with E-state index in [-0.39, 0.29) is 0 Å². The second kappa shape index (κ2) is 7.09. The van der Waals surface area contributed by atoms with Crippen LogP contribution >= 0.6 is 15.9 Å². The summed E-state index contributed by atoms with van der Waals surface area (Å²) in [5.41, 5.74) is 3.03. The zero-order valence-electron chi connectivity index (χ0n) is 12.3. The average molecular weight is 336 g/mol. The van der Waals surface area contributed by atoms with Gasteiger partial charge in [0.05, 0.1) is 0 Å². The second-order valence-electron chi connectivity index (χ2n) is 6.54. The van der Waals surface area contributed by atoms with E-state index in [0.717, 1.165) is 5.92 Å². The summed E-state index contributed by atoms with van der Waals surface area (Å²) in [5.74, 6) is 0.792. The molecule has 1 atom stereocenters. The average Bonchev–Trinajstić information content (AvgIpc) is 2.49. The van der Waals surface area contributed by atoms with E-state index in [0.29, 0.717) is 6.04 Å². The maximum atomic E-state index is 3.83. The first-order valence-electron chi connectivity index (χ1n) is 8.34. The molecule has 1 heterocycles. The normalized spacial score (nSPS) is 24.8. The van der Waals surface area contributed by atoms with Gasteiger partial charge in [-0.25, -0.2) is 0 Å². The van der Waals surface area contributed by atoms with E-state index in [1.165, 1.54) is 74.4 Å². The molecule has 0 spiro atoms. The molecule has 3 rings (SSSR count). The summed E-state index contributed by atoms with van der Waals surface area (Å²) in [6.07, 6.45) is 12.3. The molecule has 0 aromatic heterocycles. The van der Waals surface area contributed by atoms with Crippen molar-refractivity contribution in [1.82, 2.24) is 5.32 Å². The molecule has 1 nitrogen and oxygen atoms in total. The highest BCUT2D eigenvalue weighted by atomic mass is 79.9. The number of piperidine rings is 1. The Bertz CT molecular complexity index is 431. The van der Waals surface area contributed by atoms with E-state index in [1.54, 1.807) is 5.56 Å². The van der Waals surface area contributed by atoms with E-state index >= 15 is 0 Å². The van der Waals surface area contributed by atoms with Gasteiger partial charge in [-0.15, -0.1) is 0 Å².